The third-order valence-electron chi connectivity index (χ3n) is 2.46. The summed E-state index contributed by atoms with van der Waals surface area (Å²) in [7, 11) is 0. The molecule has 0 radical (unpaired) electrons. The molecular weight excluding hydrogens is 314 g/mol. The van der Waals surface area contributed by atoms with E-state index in [2.05, 4.69) is 60.7 Å². The second-order valence-corrected chi connectivity index (χ2v) is 5.49. The fourth-order valence-corrected chi connectivity index (χ4v) is 2.74. The number of nitrogens with one attached hydrogen (secondary N) is 1. The highest BCUT2D eigenvalue weighted by atomic mass is 79.9. The zero-order valence-electron chi connectivity index (χ0n) is 9.93. The zero-order valence-corrected chi connectivity index (χ0v) is 12.3. The molecule has 0 spiro atoms. The van der Waals surface area contributed by atoms with E-state index >= 15 is 0 Å². The van der Waals surface area contributed by atoms with Crippen molar-refractivity contribution in [2.45, 2.75) is 13.5 Å². The molecule has 96 valence electrons. The van der Waals surface area contributed by atoms with Gasteiger partial charge in [-0.15, -0.1) is 11.3 Å². The van der Waals surface area contributed by atoms with Crippen LogP contribution in [-0.2, 0) is 6.54 Å². The van der Waals surface area contributed by atoms with Crippen LogP contribution < -0.4 is 16.2 Å². The first kappa shape index (κ1) is 13.3. The molecular formula is C11H14BrN5S. The van der Waals surface area contributed by atoms with Crippen LogP contribution in [0.4, 0.5) is 11.8 Å². The van der Waals surface area contributed by atoms with Gasteiger partial charge in [0.2, 0.25) is 5.95 Å². The topological polar surface area (TPSA) is 67.1 Å². The van der Waals surface area contributed by atoms with Crippen molar-refractivity contribution in [3.05, 3.63) is 33.1 Å². The molecule has 2 heterocycles. The molecule has 0 atom stereocenters. The fourth-order valence-electron chi connectivity index (χ4n) is 1.58. The van der Waals surface area contributed by atoms with Gasteiger partial charge in [0.05, 0.1) is 11.0 Å². The van der Waals surface area contributed by atoms with Gasteiger partial charge in [-0.2, -0.15) is 4.98 Å². The molecule has 2 aromatic rings. The first-order chi connectivity index (χ1) is 8.74. The molecule has 7 heteroatoms. The van der Waals surface area contributed by atoms with E-state index < -0.39 is 0 Å². The van der Waals surface area contributed by atoms with Gasteiger partial charge in [0.15, 0.2) is 0 Å². The number of halogens is 1. The van der Waals surface area contributed by atoms with Gasteiger partial charge in [-0.3, -0.25) is 5.43 Å². The minimum atomic E-state index is 0.415. The summed E-state index contributed by atoms with van der Waals surface area (Å²) in [6, 6.07) is 4.17. The van der Waals surface area contributed by atoms with Crippen LogP contribution in [0, 0.1) is 0 Å². The molecule has 0 aliphatic carbocycles. The predicted molar refractivity (Wildman–Crippen MR) is 78.6 cm³/mol. The van der Waals surface area contributed by atoms with E-state index in [0.29, 0.717) is 5.95 Å². The highest BCUT2D eigenvalue weighted by Gasteiger charge is 2.12. The minimum Gasteiger partial charge on any atom is -0.351 e. The lowest BCUT2D eigenvalue weighted by Gasteiger charge is -2.22. The molecule has 0 saturated heterocycles. The summed E-state index contributed by atoms with van der Waals surface area (Å²) >= 11 is 5.21. The van der Waals surface area contributed by atoms with E-state index in [-0.39, 0.29) is 0 Å². The Morgan fingerprint density at radius 2 is 2.39 bits per heavy atom. The first-order valence-corrected chi connectivity index (χ1v) is 7.18. The average Bonchev–Trinajstić information content (AvgIpc) is 2.90. The third-order valence-corrected chi connectivity index (χ3v) is 3.88. The van der Waals surface area contributed by atoms with Crippen molar-refractivity contribution in [1.29, 1.82) is 0 Å². The number of hydrogen-bond acceptors (Lipinski definition) is 6. The maximum Gasteiger partial charge on any atom is 0.239 e. The predicted octanol–water partition coefficient (Wildman–Crippen LogP) is 2.61. The Kier molecular flexibility index (Phi) is 4.51. The van der Waals surface area contributed by atoms with Crippen molar-refractivity contribution >= 4 is 39.0 Å². The summed E-state index contributed by atoms with van der Waals surface area (Å²) in [5.41, 5.74) is 2.47. The Labute approximate surface area is 118 Å². The normalized spacial score (nSPS) is 10.4. The number of rotatable bonds is 5. The van der Waals surface area contributed by atoms with Crippen LogP contribution >= 0.6 is 27.3 Å². The number of hydrogen-bond donors (Lipinski definition) is 2. The lowest BCUT2D eigenvalue weighted by Crippen LogP contribution is -2.24. The Morgan fingerprint density at radius 1 is 1.56 bits per heavy atom. The zero-order chi connectivity index (χ0) is 13.0. The molecule has 0 bridgehead atoms. The van der Waals surface area contributed by atoms with E-state index in [0.717, 1.165) is 23.4 Å². The second kappa shape index (κ2) is 6.12. The van der Waals surface area contributed by atoms with Gasteiger partial charge in [0, 0.05) is 17.6 Å². The molecule has 2 rings (SSSR count). The number of nitrogen functional groups attached to an aromatic ring is 1. The van der Waals surface area contributed by atoms with Gasteiger partial charge in [-0.25, -0.2) is 10.8 Å². The van der Waals surface area contributed by atoms with Crippen LogP contribution in [0.1, 0.15) is 11.8 Å². The molecule has 0 amide bonds. The molecule has 0 unspecified atom stereocenters. The molecule has 0 saturated carbocycles. The number of thiophene rings is 1. The maximum atomic E-state index is 5.34. The Hall–Kier alpha value is -1.18. The smallest absolute Gasteiger partial charge is 0.239 e. The van der Waals surface area contributed by atoms with Crippen molar-refractivity contribution in [1.82, 2.24) is 9.97 Å². The van der Waals surface area contributed by atoms with Crippen molar-refractivity contribution in [3.8, 4) is 0 Å². The largest absolute Gasteiger partial charge is 0.351 e. The summed E-state index contributed by atoms with van der Waals surface area (Å²) in [4.78, 5) is 11.9. The quantitative estimate of drug-likeness (QED) is 0.652. The molecule has 0 fully saturated rings. The van der Waals surface area contributed by atoms with Gasteiger partial charge in [-0.1, -0.05) is 6.07 Å². The molecule has 0 aliphatic rings. The van der Waals surface area contributed by atoms with Gasteiger partial charge in [-0.05, 0) is 34.3 Å². The number of anilines is 2. The highest BCUT2D eigenvalue weighted by molar-refractivity contribution is 9.10. The van der Waals surface area contributed by atoms with Crippen molar-refractivity contribution in [2.24, 2.45) is 5.84 Å². The summed E-state index contributed by atoms with van der Waals surface area (Å²) in [5.74, 6) is 6.60. The van der Waals surface area contributed by atoms with Crippen molar-refractivity contribution in [3.63, 3.8) is 0 Å². The van der Waals surface area contributed by atoms with E-state index in [4.69, 9.17) is 5.84 Å². The molecule has 0 aliphatic heterocycles. The van der Waals surface area contributed by atoms with Crippen LogP contribution in [0.15, 0.2) is 28.2 Å². The van der Waals surface area contributed by atoms with Gasteiger partial charge in [0.1, 0.15) is 5.82 Å². The second-order valence-electron chi connectivity index (χ2n) is 3.60. The summed E-state index contributed by atoms with van der Waals surface area (Å²) in [6.45, 7) is 3.78. The summed E-state index contributed by atoms with van der Waals surface area (Å²) in [6.07, 6.45) is 1.70. The standard InChI is InChI=1S/C11H14BrN5S/c1-2-17(7-8-4-3-5-18-8)10-9(12)6-14-11(15-10)16-13/h3-6H,2,7,13H2,1H3,(H,14,15,16). The average molecular weight is 328 g/mol. The lowest BCUT2D eigenvalue weighted by atomic mass is 10.4. The monoisotopic (exact) mass is 327 g/mol. The number of aromatic nitrogens is 2. The van der Waals surface area contributed by atoms with E-state index in [1.54, 1.807) is 17.5 Å². The SMILES string of the molecule is CCN(Cc1cccs1)c1nc(NN)ncc1Br. The van der Waals surface area contributed by atoms with E-state index in [1.807, 2.05) is 0 Å². The number of hydrazine groups is 1. The number of nitrogens with zero attached hydrogens (tertiary/aromatic N) is 3. The Balaban J connectivity index is 2.26. The van der Waals surface area contributed by atoms with Gasteiger partial charge >= 0.3 is 0 Å². The van der Waals surface area contributed by atoms with Gasteiger partial charge < -0.3 is 4.90 Å². The maximum absolute atomic E-state index is 5.34. The third kappa shape index (κ3) is 2.98. The Bertz CT molecular complexity index is 502. The molecule has 3 N–H and O–H groups in total. The van der Waals surface area contributed by atoms with Crippen LogP contribution in [0.3, 0.4) is 0 Å². The van der Waals surface area contributed by atoms with Crippen molar-refractivity contribution < 1.29 is 0 Å². The first-order valence-electron chi connectivity index (χ1n) is 5.51. The summed E-state index contributed by atoms with van der Waals surface area (Å²) < 4.78 is 0.861. The Morgan fingerprint density at radius 3 is 3.00 bits per heavy atom. The lowest BCUT2D eigenvalue weighted by molar-refractivity contribution is 0.816. The highest BCUT2D eigenvalue weighted by Crippen LogP contribution is 2.26. The van der Waals surface area contributed by atoms with Crippen LogP contribution in [0.2, 0.25) is 0 Å². The molecule has 0 aromatic carbocycles. The van der Waals surface area contributed by atoms with Crippen LogP contribution in [0.5, 0.6) is 0 Å². The minimum absolute atomic E-state index is 0.415. The molecule has 2 aromatic heterocycles. The van der Waals surface area contributed by atoms with Crippen LogP contribution in [-0.4, -0.2) is 16.5 Å². The number of nitrogens with two attached hydrogens (primary N) is 1. The summed E-state index contributed by atoms with van der Waals surface area (Å²) in [5, 5.41) is 2.07. The van der Waals surface area contributed by atoms with Crippen LogP contribution in [0.25, 0.3) is 0 Å². The molecule has 5 nitrogen and oxygen atoms in total. The van der Waals surface area contributed by atoms with E-state index in [1.165, 1.54) is 4.88 Å². The van der Waals surface area contributed by atoms with Gasteiger partial charge in [0.25, 0.3) is 0 Å². The van der Waals surface area contributed by atoms with Crippen molar-refractivity contribution in [2.75, 3.05) is 16.9 Å². The van der Waals surface area contributed by atoms with E-state index in [9.17, 15) is 0 Å². The molecule has 18 heavy (non-hydrogen) atoms. The fraction of sp³-hybridized carbons (Fsp3) is 0.273.